The van der Waals surface area contributed by atoms with Crippen molar-refractivity contribution in [1.82, 2.24) is 0 Å². The van der Waals surface area contributed by atoms with Gasteiger partial charge in [-0.15, -0.1) is 0 Å². The van der Waals surface area contributed by atoms with E-state index in [9.17, 15) is 0 Å². The summed E-state index contributed by atoms with van der Waals surface area (Å²) < 4.78 is 0. The van der Waals surface area contributed by atoms with Crippen LogP contribution in [-0.4, -0.2) is 0 Å². The van der Waals surface area contributed by atoms with E-state index in [2.05, 4.69) is 26.0 Å². The molecular weight excluding hydrogens is 146 g/mol. The summed E-state index contributed by atoms with van der Waals surface area (Å²) in [5.41, 5.74) is 11.6. The molecule has 0 spiro atoms. The molecule has 1 atom stereocenters. The molecule has 0 aliphatic heterocycles. The van der Waals surface area contributed by atoms with Gasteiger partial charge in [-0.3, -0.25) is 0 Å². The molecule has 0 amide bonds. The molecule has 1 aliphatic carbocycles. The first-order valence-corrected chi connectivity index (χ1v) is 4.54. The highest BCUT2D eigenvalue weighted by Gasteiger charge is 2.20. The molecule has 1 nitrogen and oxygen atoms in total. The summed E-state index contributed by atoms with van der Waals surface area (Å²) in [4.78, 5) is 0. The van der Waals surface area contributed by atoms with Crippen LogP contribution >= 0.6 is 0 Å². The second-order valence-corrected chi connectivity index (χ2v) is 3.80. The Morgan fingerprint density at radius 2 is 2.08 bits per heavy atom. The van der Waals surface area contributed by atoms with Gasteiger partial charge in [0.05, 0.1) is 0 Å². The molecule has 2 rings (SSSR count). The standard InChI is InChI=1S/C11H15N/c1-7-5-8(2)11-9(6-7)3-4-10(11)12/h5-6,10H,3-4,12H2,1-2H3/t10-/m0/s1. The fraction of sp³-hybridized carbons (Fsp3) is 0.455. The molecule has 64 valence electrons. The van der Waals surface area contributed by atoms with Crippen LogP contribution in [0.3, 0.4) is 0 Å². The van der Waals surface area contributed by atoms with Crippen LogP contribution in [0.5, 0.6) is 0 Å². The Bertz CT molecular complexity index is 315. The Kier molecular flexibility index (Phi) is 1.69. The topological polar surface area (TPSA) is 26.0 Å². The number of fused-ring (bicyclic) bond motifs is 1. The zero-order valence-electron chi connectivity index (χ0n) is 7.72. The third-order valence-corrected chi connectivity index (χ3v) is 2.71. The Balaban J connectivity index is 2.60. The van der Waals surface area contributed by atoms with E-state index in [1.54, 1.807) is 0 Å². The molecule has 0 heterocycles. The largest absolute Gasteiger partial charge is 0.324 e. The van der Waals surface area contributed by atoms with E-state index in [4.69, 9.17) is 5.73 Å². The first-order valence-electron chi connectivity index (χ1n) is 4.54. The van der Waals surface area contributed by atoms with Gasteiger partial charge in [0.25, 0.3) is 0 Å². The fourth-order valence-electron chi connectivity index (χ4n) is 2.26. The Morgan fingerprint density at radius 3 is 2.83 bits per heavy atom. The summed E-state index contributed by atoms with van der Waals surface area (Å²) in [6, 6.07) is 4.79. The predicted molar refractivity (Wildman–Crippen MR) is 51.2 cm³/mol. The maximum Gasteiger partial charge on any atom is 0.0303 e. The molecule has 0 saturated carbocycles. The van der Waals surface area contributed by atoms with E-state index >= 15 is 0 Å². The van der Waals surface area contributed by atoms with Gasteiger partial charge in [0, 0.05) is 6.04 Å². The number of hydrogen-bond acceptors (Lipinski definition) is 1. The van der Waals surface area contributed by atoms with Crippen LogP contribution in [0.25, 0.3) is 0 Å². The van der Waals surface area contributed by atoms with Crippen molar-refractivity contribution in [2.24, 2.45) is 5.73 Å². The Labute approximate surface area is 73.6 Å². The molecule has 0 unspecified atom stereocenters. The van der Waals surface area contributed by atoms with Gasteiger partial charge in [0.15, 0.2) is 0 Å². The van der Waals surface area contributed by atoms with Crippen molar-refractivity contribution >= 4 is 0 Å². The van der Waals surface area contributed by atoms with Gasteiger partial charge in [-0.2, -0.15) is 0 Å². The normalized spacial score (nSPS) is 21.1. The van der Waals surface area contributed by atoms with Gasteiger partial charge in [-0.05, 0) is 43.4 Å². The highest BCUT2D eigenvalue weighted by Crippen LogP contribution is 2.32. The Morgan fingerprint density at radius 1 is 1.33 bits per heavy atom. The summed E-state index contributed by atoms with van der Waals surface area (Å²) in [5.74, 6) is 0. The molecule has 2 N–H and O–H groups in total. The van der Waals surface area contributed by atoms with E-state index in [0.717, 1.165) is 6.42 Å². The fourth-order valence-corrected chi connectivity index (χ4v) is 2.26. The highest BCUT2D eigenvalue weighted by molar-refractivity contribution is 5.43. The molecule has 0 aromatic heterocycles. The molecule has 1 aliphatic rings. The minimum atomic E-state index is 0.292. The molecule has 1 aromatic rings. The van der Waals surface area contributed by atoms with Crippen LogP contribution in [0.15, 0.2) is 12.1 Å². The van der Waals surface area contributed by atoms with Gasteiger partial charge in [-0.1, -0.05) is 17.7 Å². The van der Waals surface area contributed by atoms with Crippen LogP contribution < -0.4 is 5.73 Å². The number of aryl methyl sites for hydroxylation is 3. The lowest BCUT2D eigenvalue weighted by atomic mass is 10.00. The van der Waals surface area contributed by atoms with Crippen LogP contribution in [-0.2, 0) is 6.42 Å². The number of nitrogens with two attached hydrogens (primary N) is 1. The van der Waals surface area contributed by atoms with Crippen molar-refractivity contribution in [3.8, 4) is 0 Å². The molecule has 0 saturated heterocycles. The van der Waals surface area contributed by atoms with E-state index in [0.29, 0.717) is 6.04 Å². The Hall–Kier alpha value is -0.820. The van der Waals surface area contributed by atoms with E-state index in [-0.39, 0.29) is 0 Å². The summed E-state index contributed by atoms with van der Waals surface area (Å²) in [6.45, 7) is 4.31. The quantitative estimate of drug-likeness (QED) is 0.620. The predicted octanol–water partition coefficient (Wildman–Crippen LogP) is 2.25. The van der Waals surface area contributed by atoms with Crippen LogP contribution in [0.4, 0.5) is 0 Å². The smallest absolute Gasteiger partial charge is 0.0303 e. The average molecular weight is 161 g/mol. The van der Waals surface area contributed by atoms with Gasteiger partial charge >= 0.3 is 0 Å². The lowest BCUT2D eigenvalue weighted by molar-refractivity contribution is 0.710. The maximum atomic E-state index is 6.00. The maximum absolute atomic E-state index is 6.00. The third-order valence-electron chi connectivity index (χ3n) is 2.71. The molecule has 1 aromatic carbocycles. The summed E-state index contributed by atoms with van der Waals surface area (Å²) in [7, 11) is 0. The van der Waals surface area contributed by atoms with Crippen molar-refractivity contribution in [3.05, 3.63) is 34.4 Å². The van der Waals surface area contributed by atoms with Crippen molar-refractivity contribution in [1.29, 1.82) is 0 Å². The molecular formula is C11H15N. The summed E-state index contributed by atoms with van der Waals surface area (Å²) in [5, 5.41) is 0. The zero-order chi connectivity index (χ0) is 8.72. The SMILES string of the molecule is Cc1cc(C)c2c(c1)CC[C@@H]2N. The van der Waals surface area contributed by atoms with E-state index in [1.165, 1.54) is 28.7 Å². The van der Waals surface area contributed by atoms with Crippen LogP contribution in [0, 0.1) is 13.8 Å². The van der Waals surface area contributed by atoms with Crippen LogP contribution in [0.2, 0.25) is 0 Å². The van der Waals surface area contributed by atoms with Gasteiger partial charge < -0.3 is 5.73 Å². The molecule has 12 heavy (non-hydrogen) atoms. The summed E-state index contributed by atoms with van der Waals surface area (Å²) in [6.07, 6.45) is 2.29. The minimum absolute atomic E-state index is 0.292. The monoisotopic (exact) mass is 161 g/mol. The molecule has 1 heteroatoms. The van der Waals surface area contributed by atoms with Crippen molar-refractivity contribution in [2.45, 2.75) is 32.7 Å². The highest BCUT2D eigenvalue weighted by atomic mass is 14.6. The van der Waals surface area contributed by atoms with Crippen molar-refractivity contribution < 1.29 is 0 Å². The second-order valence-electron chi connectivity index (χ2n) is 3.80. The number of benzene rings is 1. The summed E-state index contributed by atoms with van der Waals surface area (Å²) >= 11 is 0. The van der Waals surface area contributed by atoms with E-state index < -0.39 is 0 Å². The van der Waals surface area contributed by atoms with Crippen molar-refractivity contribution in [2.75, 3.05) is 0 Å². The second kappa shape index (κ2) is 2.60. The molecule has 0 bridgehead atoms. The first kappa shape index (κ1) is 7.81. The zero-order valence-corrected chi connectivity index (χ0v) is 7.72. The average Bonchev–Trinajstić information content (AvgIpc) is 2.31. The minimum Gasteiger partial charge on any atom is -0.324 e. The van der Waals surface area contributed by atoms with Gasteiger partial charge in [0.2, 0.25) is 0 Å². The van der Waals surface area contributed by atoms with E-state index in [1.807, 2.05) is 0 Å². The van der Waals surface area contributed by atoms with Gasteiger partial charge in [0.1, 0.15) is 0 Å². The van der Waals surface area contributed by atoms with Gasteiger partial charge in [-0.25, -0.2) is 0 Å². The number of rotatable bonds is 0. The van der Waals surface area contributed by atoms with Crippen molar-refractivity contribution in [3.63, 3.8) is 0 Å². The van der Waals surface area contributed by atoms with Crippen LogP contribution in [0.1, 0.15) is 34.7 Å². The first-order chi connectivity index (χ1) is 5.68. The third kappa shape index (κ3) is 1.05. The number of hydrogen-bond donors (Lipinski definition) is 1. The lowest BCUT2D eigenvalue weighted by Gasteiger charge is -2.09. The molecule has 0 fully saturated rings. The lowest BCUT2D eigenvalue weighted by Crippen LogP contribution is -2.06. The molecule has 0 radical (unpaired) electrons.